The Balaban J connectivity index is 1.43. The number of rotatable bonds is 5. The molecule has 1 aliphatic carbocycles. The minimum atomic E-state index is -0.818. The minimum absolute atomic E-state index is 0.0175. The predicted octanol–water partition coefficient (Wildman–Crippen LogP) is 1.45. The smallest absolute Gasteiger partial charge is 0.317 e. The van der Waals surface area contributed by atoms with Crippen molar-refractivity contribution in [3.63, 3.8) is 0 Å². The molecule has 8 heteroatoms. The lowest BCUT2D eigenvalue weighted by molar-refractivity contribution is -0.149. The summed E-state index contributed by atoms with van der Waals surface area (Å²) in [6.45, 7) is 1.15. The standard InChI is InChI=1S/C18H22FN3O4/c19-14-5-3-12(4-6-14)15(23)20-8-9-21-17(26)22-10-13-2-1-7-18(13,11-22)16(24)25/h3-6,13H,1-2,7-11H2,(H,20,23)(H,21,26)(H,24,25)/t13-,18+/m0/s1. The summed E-state index contributed by atoms with van der Waals surface area (Å²) >= 11 is 0. The highest BCUT2D eigenvalue weighted by Crippen LogP contribution is 2.48. The van der Waals surface area contributed by atoms with Crippen molar-refractivity contribution < 1.29 is 23.9 Å². The normalized spacial score (nSPS) is 24.2. The van der Waals surface area contributed by atoms with E-state index in [4.69, 9.17) is 0 Å². The van der Waals surface area contributed by atoms with E-state index in [0.717, 1.165) is 12.8 Å². The minimum Gasteiger partial charge on any atom is -0.481 e. The van der Waals surface area contributed by atoms with Crippen LogP contribution in [0.2, 0.25) is 0 Å². The second-order valence-corrected chi connectivity index (χ2v) is 6.93. The lowest BCUT2D eigenvalue weighted by atomic mass is 9.81. The van der Waals surface area contributed by atoms with E-state index < -0.39 is 17.2 Å². The van der Waals surface area contributed by atoms with Crippen LogP contribution in [0.1, 0.15) is 29.6 Å². The Kier molecular flexibility index (Phi) is 5.11. The van der Waals surface area contributed by atoms with Gasteiger partial charge < -0.3 is 20.6 Å². The number of fused-ring (bicyclic) bond motifs is 1. The summed E-state index contributed by atoms with van der Waals surface area (Å²) in [7, 11) is 0. The topological polar surface area (TPSA) is 98.7 Å². The van der Waals surface area contributed by atoms with Crippen LogP contribution >= 0.6 is 0 Å². The zero-order valence-electron chi connectivity index (χ0n) is 14.3. The molecule has 0 aromatic heterocycles. The van der Waals surface area contributed by atoms with E-state index in [-0.39, 0.29) is 37.5 Å². The second-order valence-electron chi connectivity index (χ2n) is 6.93. The van der Waals surface area contributed by atoms with Gasteiger partial charge in [-0.25, -0.2) is 9.18 Å². The van der Waals surface area contributed by atoms with Crippen LogP contribution in [0.25, 0.3) is 0 Å². The number of hydrogen-bond donors (Lipinski definition) is 3. The Morgan fingerprint density at radius 3 is 2.54 bits per heavy atom. The molecule has 2 aliphatic rings. The largest absolute Gasteiger partial charge is 0.481 e. The van der Waals surface area contributed by atoms with Crippen molar-refractivity contribution in [3.8, 4) is 0 Å². The van der Waals surface area contributed by atoms with E-state index in [0.29, 0.717) is 18.5 Å². The Bertz CT molecular complexity index is 709. The maximum Gasteiger partial charge on any atom is 0.317 e. The lowest BCUT2D eigenvalue weighted by Crippen LogP contribution is -2.44. The Hall–Kier alpha value is -2.64. The summed E-state index contributed by atoms with van der Waals surface area (Å²) in [5.41, 5.74) is -0.456. The van der Waals surface area contributed by atoms with Crippen LogP contribution in [0, 0.1) is 17.2 Å². The van der Waals surface area contributed by atoms with Gasteiger partial charge in [-0.05, 0) is 43.0 Å². The van der Waals surface area contributed by atoms with E-state index in [1.165, 1.54) is 24.3 Å². The third-order valence-electron chi connectivity index (χ3n) is 5.38. The number of urea groups is 1. The number of likely N-dealkylation sites (tertiary alicyclic amines) is 1. The van der Waals surface area contributed by atoms with Gasteiger partial charge in [0.1, 0.15) is 5.82 Å². The second kappa shape index (κ2) is 7.31. The average Bonchev–Trinajstić information content (AvgIpc) is 3.17. The van der Waals surface area contributed by atoms with Gasteiger partial charge in [0.05, 0.1) is 5.41 Å². The summed E-state index contributed by atoms with van der Waals surface area (Å²) in [6.07, 6.45) is 2.34. The molecular weight excluding hydrogens is 341 g/mol. The first-order chi connectivity index (χ1) is 12.4. The molecule has 2 atom stereocenters. The number of carboxylic acids is 1. The van der Waals surface area contributed by atoms with Crippen LogP contribution in [-0.2, 0) is 4.79 Å². The Morgan fingerprint density at radius 2 is 1.88 bits per heavy atom. The summed E-state index contributed by atoms with van der Waals surface area (Å²) in [5, 5.41) is 14.9. The van der Waals surface area contributed by atoms with Crippen LogP contribution in [0.5, 0.6) is 0 Å². The van der Waals surface area contributed by atoms with Crippen molar-refractivity contribution in [2.24, 2.45) is 11.3 Å². The molecule has 140 valence electrons. The van der Waals surface area contributed by atoms with E-state index in [2.05, 4.69) is 10.6 Å². The van der Waals surface area contributed by atoms with Crippen LogP contribution < -0.4 is 10.6 Å². The lowest BCUT2D eigenvalue weighted by Gasteiger charge is -2.23. The predicted molar refractivity (Wildman–Crippen MR) is 91.1 cm³/mol. The molecule has 2 fully saturated rings. The van der Waals surface area contributed by atoms with Gasteiger partial charge in [-0.1, -0.05) is 6.42 Å². The molecule has 1 aromatic carbocycles. The number of nitrogens with zero attached hydrogens (tertiary/aromatic N) is 1. The molecule has 0 unspecified atom stereocenters. The van der Waals surface area contributed by atoms with Crippen LogP contribution in [0.4, 0.5) is 9.18 Å². The zero-order chi connectivity index (χ0) is 18.7. The van der Waals surface area contributed by atoms with Crippen molar-refractivity contribution in [2.45, 2.75) is 19.3 Å². The number of amides is 3. The molecule has 7 nitrogen and oxygen atoms in total. The number of aliphatic carboxylic acids is 1. The molecule has 3 rings (SSSR count). The van der Waals surface area contributed by atoms with Gasteiger partial charge in [-0.15, -0.1) is 0 Å². The Labute approximate surface area is 150 Å². The number of hydrogen-bond acceptors (Lipinski definition) is 3. The van der Waals surface area contributed by atoms with Gasteiger partial charge in [0.25, 0.3) is 5.91 Å². The summed E-state index contributed by atoms with van der Waals surface area (Å²) < 4.78 is 12.8. The van der Waals surface area contributed by atoms with Crippen molar-refractivity contribution in [2.75, 3.05) is 26.2 Å². The first-order valence-corrected chi connectivity index (χ1v) is 8.72. The molecular formula is C18H22FN3O4. The summed E-state index contributed by atoms with van der Waals surface area (Å²) in [6, 6.07) is 4.88. The fraction of sp³-hybridized carbons (Fsp3) is 0.500. The van der Waals surface area contributed by atoms with Crippen LogP contribution in [0.15, 0.2) is 24.3 Å². The molecule has 0 spiro atoms. The van der Waals surface area contributed by atoms with E-state index >= 15 is 0 Å². The van der Waals surface area contributed by atoms with Gasteiger partial charge in [0.15, 0.2) is 0 Å². The molecule has 1 saturated heterocycles. The van der Waals surface area contributed by atoms with Gasteiger partial charge >= 0.3 is 12.0 Å². The van der Waals surface area contributed by atoms with Crippen molar-refractivity contribution in [1.82, 2.24) is 15.5 Å². The monoisotopic (exact) mass is 363 g/mol. The molecule has 3 N–H and O–H groups in total. The maximum atomic E-state index is 12.8. The van der Waals surface area contributed by atoms with Gasteiger partial charge in [-0.2, -0.15) is 0 Å². The maximum absolute atomic E-state index is 12.8. The highest BCUT2D eigenvalue weighted by molar-refractivity contribution is 5.94. The number of carbonyl (C=O) groups is 3. The number of carboxylic acid groups (broad SMARTS) is 1. The molecule has 1 aliphatic heterocycles. The van der Waals surface area contributed by atoms with Crippen LogP contribution in [0.3, 0.4) is 0 Å². The number of halogens is 1. The molecule has 3 amide bonds. The summed E-state index contributed by atoms with van der Waals surface area (Å²) in [5.74, 6) is -1.56. The van der Waals surface area contributed by atoms with Gasteiger partial charge in [0, 0.05) is 31.7 Å². The van der Waals surface area contributed by atoms with Crippen molar-refractivity contribution in [3.05, 3.63) is 35.6 Å². The molecule has 1 saturated carbocycles. The average molecular weight is 363 g/mol. The van der Waals surface area contributed by atoms with Gasteiger partial charge in [-0.3, -0.25) is 9.59 Å². The fourth-order valence-electron chi connectivity index (χ4n) is 3.95. The van der Waals surface area contributed by atoms with Gasteiger partial charge in [0.2, 0.25) is 0 Å². The third-order valence-corrected chi connectivity index (χ3v) is 5.38. The number of nitrogens with one attached hydrogen (secondary N) is 2. The molecule has 1 heterocycles. The molecule has 1 aromatic rings. The van der Waals surface area contributed by atoms with Crippen molar-refractivity contribution >= 4 is 17.9 Å². The van der Waals surface area contributed by atoms with E-state index in [9.17, 15) is 23.9 Å². The highest BCUT2D eigenvalue weighted by atomic mass is 19.1. The Morgan fingerprint density at radius 1 is 1.19 bits per heavy atom. The molecule has 26 heavy (non-hydrogen) atoms. The zero-order valence-corrected chi connectivity index (χ0v) is 14.3. The van der Waals surface area contributed by atoms with Crippen LogP contribution in [-0.4, -0.2) is 54.1 Å². The number of carbonyl (C=O) groups excluding carboxylic acids is 2. The third kappa shape index (κ3) is 3.49. The number of benzene rings is 1. The quantitative estimate of drug-likeness (QED) is 0.690. The van der Waals surface area contributed by atoms with Crippen molar-refractivity contribution in [1.29, 1.82) is 0 Å². The summed E-state index contributed by atoms with van der Waals surface area (Å²) in [4.78, 5) is 37.3. The first-order valence-electron chi connectivity index (χ1n) is 8.72. The van der Waals surface area contributed by atoms with E-state index in [1.807, 2.05) is 0 Å². The first kappa shape index (κ1) is 18.2. The molecule has 0 bridgehead atoms. The SMILES string of the molecule is O=C(NCCNC(=O)N1C[C@@H]2CCC[C@@]2(C(=O)O)C1)c1ccc(F)cc1. The van der Waals surface area contributed by atoms with E-state index in [1.54, 1.807) is 4.90 Å². The highest BCUT2D eigenvalue weighted by Gasteiger charge is 2.55. The fourth-order valence-corrected chi connectivity index (χ4v) is 3.95. The molecule has 0 radical (unpaired) electrons.